The number of benzene rings is 1. The van der Waals surface area contributed by atoms with E-state index < -0.39 is 0 Å². The van der Waals surface area contributed by atoms with Crippen LogP contribution in [0.15, 0.2) is 58.7 Å². The van der Waals surface area contributed by atoms with Gasteiger partial charge >= 0.3 is 0 Å². The number of nitrogens with zero attached hydrogens (tertiary/aromatic N) is 4. The number of carbonyl (C=O) groups is 1. The highest BCUT2D eigenvalue weighted by molar-refractivity contribution is 8.18. The third kappa shape index (κ3) is 3.26. The molecular formula is C20H17ClN4OS. The van der Waals surface area contributed by atoms with Crippen molar-refractivity contribution in [2.24, 2.45) is 12.0 Å². The number of hydrogen-bond donors (Lipinski definition) is 0. The minimum absolute atomic E-state index is 0.0470. The molecule has 136 valence electrons. The maximum Gasteiger partial charge on any atom is 0.266 e. The van der Waals surface area contributed by atoms with Gasteiger partial charge in [-0.15, -0.1) is 0 Å². The summed E-state index contributed by atoms with van der Waals surface area (Å²) in [5, 5.41) is 2.05. The van der Waals surface area contributed by atoms with Gasteiger partial charge in [-0.05, 0) is 43.0 Å². The lowest BCUT2D eigenvalue weighted by molar-refractivity contribution is -0.122. The summed E-state index contributed by atoms with van der Waals surface area (Å²) < 4.78 is 2.06. The van der Waals surface area contributed by atoms with Gasteiger partial charge in [-0.3, -0.25) is 9.69 Å². The van der Waals surface area contributed by atoms with Gasteiger partial charge in [0.05, 0.1) is 4.91 Å². The number of rotatable bonds is 3. The molecule has 2 aromatic heterocycles. The van der Waals surface area contributed by atoms with Crippen molar-refractivity contribution in [1.29, 1.82) is 0 Å². The number of aromatic nitrogens is 2. The Kier molecular flexibility index (Phi) is 4.76. The van der Waals surface area contributed by atoms with Crippen molar-refractivity contribution in [3.05, 3.63) is 64.4 Å². The molecule has 1 aromatic carbocycles. The summed E-state index contributed by atoms with van der Waals surface area (Å²) in [7, 11) is 2.00. The molecule has 0 N–H and O–H groups in total. The van der Waals surface area contributed by atoms with Crippen LogP contribution in [0.4, 0.5) is 5.69 Å². The van der Waals surface area contributed by atoms with Crippen molar-refractivity contribution in [3.63, 3.8) is 0 Å². The van der Waals surface area contributed by atoms with Crippen molar-refractivity contribution in [1.82, 2.24) is 14.5 Å². The molecule has 3 aromatic rings. The zero-order chi connectivity index (χ0) is 19.0. The van der Waals surface area contributed by atoms with Crippen LogP contribution in [0, 0.1) is 0 Å². The lowest BCUT2D eigenvalue weighted by Gasteiger charge is -2.12. The van der Waals surface area contributed by atoms with Gasteiger partial charge in [0.15, 0.2) is 10.3 Å². The Morgan fingerprint density at radius 1 is 1.26 bits per heavy atom. The van der Waals surface area contributed by atoms with E-state index in [1.165, 1.54) is 11.8 Å². The Labute approximate surface area is 166 Å². The van der Waals surface area contributed by atoms with Crippen LogP contribution < -0.4 is 0 Å². The maximum absolute atomic E-state index is 12.9. The van der Waals surface area contributed by atoms with E-state index in [2.05, 4.69) is 26.7 Å². The molecule has 1 saturated heterocycles. The molecule has 1 amide bonds. The number of pyridine rings is 1. The van der Waals surface area contributed by atoms with Gasteiger partial charge < -0.3 is 4.57 Å². The van der Waals surface area contributed by atoms with Crippen LogP contribution in [-0.4, -0.2) is 32.1 Å². The van der Waals surface area contributed by atoms with E-state index in [-0.39, 0.29) is 5.91 Å². The number of likely N-dealkylation sites (N-methyl/N-ethyl adjacent to an activating group) is 1. The van der Waals surface area contributed by atoms with Crippen LogP contribution in [0.25, 0.3) is 17.0 Å². The van der Waals surface area contributed by atoms with Gasteiger partial charge in [-0.1, -0.05) is 29.8 Å². The van der Waals surface area contributed by atoms with E-state index in [1.54, 1.807) is 23.2 Å². The molecule has 0 aliphatic carbocycles. The highest BCUT2D eigenvalue weighted by Crippen LogP contribution is 2.36. The molecule has 3 heterocycles. The second kappa shape index (κ2) is 7.21. The first-order valence-corrected chi connectivity index (χ1v) is 9.72. The number of fused-ring (bicyclic) bond motifs is 1. The first-order chi connectivity index (χ1) is 13.1. The van der Waals surface area contributed by atoms with Crippen molar-refractivity contribution in [3.8, 4) is 0 Å². The standard InChI is InChI=1S/C20H17ClN4OS/c1-3-25-19(26)17(27-20(25)23-15-8-6-10-22-18(15)21)11-13-12-24(2)16-9-5-4-7-14(13)16/h4-12H,3H2,1-2H3/b17-11-,23-20?. The van der Waals surface area contributed by atoms with E-state index >= 15 is 0 Å². The Balaban J connectivity index is 1.75. The number of aliphatic imine (C=N–C) groups is 1. The number of amidine groups is 1. The average molecular weight is 397 g/mol. The van der Waals surface area contributed by atoms with Gasteiger partial charge in [0.1, 0.15) is 5.69 Å². The predicted molar refractivity (Wildman–Crippen MR) is 112 cm³/mol. The van der Waals surface area contributed by atoms with Crippen LogP contribution in [0.5, 0.6) is 0 Å². The van der Waals surface area contributed by atoms with Crippen LogP contribution in [0.1, 0.15) is 12.5 Å². The fraction of sp³-hybridized carbons (Fsp3) is 0.150. The largest absolute Gasteiger partial charge is 0.350 e. The molecule has 4 rings (SSSR count). The Morgan fingerprint density at radius 2 is 2.07 bits per heavy atom. The van der Waals surface area contributed by atoms with Crippen molar-refractivity contribution in [2.75, 3.05) is 6.54 Å². The molecule has 5 nitrogen and oxygen atoms in total. The van der Waals surface area contributed by atoms with E-state index in [4.69, 9.17) is 11.6 Å². The number of thioether (sulfide) groups is 1. The van der Waals surface area contributed by atoms with E-state index in [0.29, 0.717) is 27.5 Å². The molecule has 0 radical (unpaired) electrons. The molecule has 1 fully saturated rings. The summed E-state index contributed by atoms with van der Waals surface area (Å²) >= 11 is 7.48. The molecule has 0 atom stereocenters. The Hall–Kier alpha value is -2.57. The first kappa shape index (κ1) is 17.8. The normalized spacial score (nSPS) is 17.6. The second-order valence-corrected chi connectivity index (χ2v) is 7.45. The van der Waals surface area contributed by atoms with Gasteiger partial charge in [0.2, 0.25) is 0 Å². The highest BCUT2D eigenvalue weighted by Gasteiger charge is 2.32. The maximum atomic E-state index is 12.9. The summed E-state index contributed by atoms with van der Waals surface area (Å²) in [6, 6.07) is 11.7. The van der Waals surface area contributed by atoms with Crippen LogP contribution in [0.3, 0.4) is 0 Å². The smallest absolute Gasteiger partial charge is 0.266 e. The molecule has 1 aliphatic heterocycles. The quantitative estimate of drug-likeness (QED) is 0.469. The summed E-state index contributed by atoms with van der Waals surface area (Å²) in [6.07, 6.45) is 5.59. The third-order valence-corrected chi connectivity index (χ3v) is 5.67. The minimum atomic E-state index is -0.0470. The molecule has 1 aliphatic rings. The average Bonchev–Trinajstić information content (AvgIpc) is 3.14. The number of carbonyl (C=O) groups excluding carboxylic acids is 1. The lowest BCUT2D eigenvalue weighted by Crippen LogP contribution is -2.28. The summed E-state index contributed by atoms with van der Waals surface area (Å²) in [5.41, 5.74) is 2.70. The number of amides is 1. The topological polar surface area (TPSA) is 50.5 Å². The predicted octanol–water partition coefficient (Wildman–Crippen LogP) is 4.85. The second-order valence-electron chi connectivity index (χ2n) is 6.08. The Morgan fingerprint density at radius 3 is 2.85 bits per heavy atom. The molecule has 27 heavy (non-hydrogen) atoms. The molecule has 0 unspecified atom stereocenters. The van der Waals surface area contributed by atoms with E-state index in [1.807, 2.05) is 38.4 Å². The fourth-order valence-electron chi connectivity index (χ4n) is 3.06. The van der Waals surface area contributed by atoms with Crippen LogP contribution in [-0.2, 0) is 11.8 Å². The summed E-state index contributed by atoms with van der Waals surface area (Å²) in [4.78, 5) is 23.8. The number of hydrogen-bond acceptors (Lipinski definition) is 4. The minimum Gasteiger partial charge on any atom is -0.350 e. The van der Waals surface area contributed by atoms with Gasteiger partial charge in [-0.2, -0.15) is 0 Å². The fourth-order valence-corrected chi connectivity index (χ4v) is 4.27. The number of para-hydroxylation sites is 1. The zero-order valence-electron chi connectivity index (χ0n) is 14.9. The molecule has 0 bridgehead atoms. The highest BCUT2D eigenvalue weighted by atomic mass is 35.5. The van der Waals surface area contributed by atoms with Crippen molar-refractivity contribution in [2.45, 2.75) is 6.92 Å². The van der Waals surface area contributed by atoms with E-state index in [0.717, 1.165) is 16.5 Å². The van der Waals surface area contributed by atoms with Gasteiger partial charge in [0.25, 0.3) is 5.91 Å². The van der Waals surface area contributed by atoms with Crippen LogP contribution >= 0.6 is 23.4 Å². The molecule has 0 saturated carbocycles. The van der Waals surface area contributed by atoms with Crippen LogP contribution in [0.2, 0.25) is 5.15 Å². The Bertz CT molecular complexity index is 1100. The summed E-state index contributed by atoms with van der Waals surface area (Å²) in [5.74, 6) is -0.0470. The first-order valence-electron chi connectivity index (χ1n) is 8.53. The SMILES string of the molecule is CCN1C(=O)/C(=C/c2cn(C)c3ccccc23)SC1=Nc1cccnc1Cl. The third-order valence-electron chi connectivity index (χ3n) is 4.37. The number of aryl methyl sites for hydroxylation is 1. The monoisotopic (exact) mass is 396 g/mol. The lowest BCUT2D eigenvalue weighted by atomic mass is 10.1. The van der Waals surface area contributed by atoms with Gasteiger partial charge in [-0.25, -0.2) is 9.98 Å². The molecule has 7 heteroatoms. The van der Waals surface area contributed by atoms with Crippen molar-refractivity contribution >= 4 is 57.1 Å². The molecular weight excluding hydrogens is 380 g/mol. The molecule has 0 spiro atoms. The van der Waals surface area contributed by atoms with Gasteiger partial charge in [0, 0.05) is 42.5 Å². The summed E-state index contributed by atoms with van der Waals surface area (Å²) in [6.45, 7) is 2.47. The van der Waals surface area contributed by atoms with E-state index in [9.17, 15) is 4.79 Å². The van der Waals surface area contributed by atoms with Crippen molar-refractivity contribution < 1.29 is 4.79 Å². The zero-order valence-corrected chi connectivity index (χ0v) is 16.5. The number of halogens is 1.